The Morgan fingerprint density at radius 2 is 0.621 bits per heavy atom. The molecule has 0 radical (unpaired) electrons. The number of amides is 1. The Balaban J connectivity index is 1.59. The summed E-state index contributed by atoms with van der Waals surface area (Å²) in [5, 5.41) is 87.8. The molecule has 0 aromatic carbocycles. The van der Waals surface area contributed by atoms with Crippen LogP contribution >= 0.6 is 0 Å². The average molecular weight is 1460 g/mol. The Hall–Kier alpha value is -2.05. The van der Waals surface area contributed by atoms with Gasteiger partial charge in [0.25, 0.3) is 0 Å². The molecule has 2 rings (SSSR count). The number of hydrogen-bond acceptors (Lipinski definition) is 13. The van der Waals surface area contributed by atoms with E-state index >= 15 is 0 Å². The third-order valence-electron chi connectivity index (χ3n) is 21.7. The molecule has 0 spiro atoms. The van der Waals surface area contributed by atoms with E-state index in [1.54, 1.807) is 6.08 Å². The lowest BCUT2D eigenvalue weighted by molar-refractivity contribution is -0.359. The number of ether oxygens (including phenoxy) is 4. The molecule has 0 saturated carbocycles. The molecule has 2 saturated heterocycles. The van der Waals surface area contributed by atoms with Crippen LogP contribution < -0.4 is 5.32 Å². The molecule has 14 nitrogen and oxygen atoms in total. The van der Waals surface area contributed by atoms with Crippen molar-refractivity contribution in [3.05, 3.63) is 48.6 Å². The van der Waals surface area contributed by atoms with E-state index in [4.69, 9.17) is 18.9 Å². The quantitative estimate of drug-likeness (QED) is 0.0204. The molecule has 14 heteroatoms. The van der Waals surface area contributed by atoms with E-state index in [2.05, 4.69) is 55.6 Å². The summed E-state index contributed by atoms with van der Waals surface area (Å²) in [6.45, 7) is 2.85. The summed E-state index contributed by atoms with van der Waals surface area (Å²) in [5.41, 5.74) is 0. The van der Waals surface area contributed by atoms with Gasteiger partial charge in [0, 0.05) is 6.42 Å². The van der Waals surface area contributed by atoms with Crippen molar-refractivity contribution >= 4 is 5.91 Å². The molecule has 12 unspecified atom stereocenters. The highest BCUT2D eigenvalue weighted by molar-refractivity contribution is 5.76. The molecule has 0 aromatic rings. The van der Waals surface area contributed by atoms with Crippen LogP contribution in [0.5, 0.6) is 0 Å². The number of aliphatic hydroxyl groups is 8. The highest BCUT2D eigenvalue weighted by Crippen LogP contribution is 2.31. The maximum atomic E-state index is 13.4. The van der Waals surface area contributed by atoms with Gasteiger partial charge in [-0.25, -0.2) is 0 Å². The van der Waals surface area contributed by atoms with Crippen molar-refractivity contribution in [1.82, 2.24) is 5.32 Å². The van der Waals surface area contributed by atoms with Crippen molar-refractivity contribution in [3.63, 3.8) is 0 Å². The average Bonchev–Trinajstić information content (AvgIpc) is 0.791. The summed E-state index contributed by atoms with van der Waals surface area (Å²) in [4.78, 5) is 13.4. The highest BCUT2D eigenvalue weighted by atomic mass is 16.7. The summed E-state index contributed by atoms with van der Waals surface area (Å²) in [5.74, 6) is -0.245. The van der Waals surface area contributed by atoms with Gasteiger partial charge in [-0.2, -0.15) is 0 Å². The van der Waals surface area contributed by atoms with E-state index in [9.17, 15) is 45.6 Å². The Morgan fingerprint density at radius 1 is 0.340 bits per heavy atom. The maximum Gasteiger partial charge on any atom is 0.220 e. The molecule has 0 aliphatic carbocycles. The Morgan fingerprint density at radius 3 is 0.951 bits per heavy atom. The smallest absolute Gasteiger partial charge is 0.220 e. The lowest BCUT2D eigenvalue weighted by Crippen LogP contribution is -2.65. The van der Waals surface area contributed by atoms with Gasteiger partial charge in [0.15, 0.2) is 12.6 Å². The summed E-state index contributed by atoms with van der Waals surface area (Å²) >= 11 is 0. The highest BCUT2D eigenvalue weighted by Gasteiger charge is 2.51. The van der Waals surface area contributed by atoms with E-state index in [1.165, 1.54) is 340 Å². The Labute approximate surface area is 633 Å². The van der Waals surface area contributed by atoms with E-state index in [-0.39, 0.29) is 18.9 Å². The van der Waals surface area contributed by atoms with Crippen molar-refractivity contribution in [1.29, 1.82) is 0 Å². The topological polar surface area (TPSA) is 228 Å². The van der Waals surface area contributed by atoms with E-state index < -0.39 is 86.8 Å². The van der Waals surface area contributed by atoms with Crippen molar-refractivity contribution in [3.8, 4) is 0 Å². The Kier molecular flexibility index (Phi) is 68.6. The first-order chi connectivity index (χ1) is 50.6. The fraction of sp³-hybridized carbons (Fsp3) is 0.899. The molecule has 2 fully saturated rings. The van der Waals surface area contributed by atoms with Gasteiger partial charge < -0.3 is 65.1 Å². The summed E-state index contributed by atoms with van der Waals surface area (Å²) in [6, 6.07) is -0.940. The van der Waals surface area contributed by atoms with Crippen molar-refractivity contribution in [2.45, 2.75) is 492 Å². The van der Waals surface area contributed by atoms with Crippen molar-refractivity contribution < 1.29 is 64.6 Å². The van der Waals surface area contributed by atoms with Crippen LogP contribution in [0.15, 0.2) is 48.6 Å². The maximum absolute atomic E-state index is 13.4. The van der Waals surface area contributed by atoms with Gasteiger partial charge in [0.2, 0.25) is 5.91 Å². The fourth-order valence-corrected chi connectivity index (χ4v) is 14.7. The predicted molar refractivity (Wildman–Crippen MR) is 429 cm³/mol. The van der Waals surface area contributed by atoms with E-state index in [0.717, 1.165) is 44.9 Å². The molecule has 103 heavy (non-hydrogen) atoms. The van der Waals surface area contributed by atoms with Crippen molar-refractivity contribution in [2.75, 3.05) is 19.8 Å². The van der Waals surface area contributed by atoms with Gasteiger partial charge in [0.1, 0.15) is 48.8 Å². The number of unbranched alkanes of at least 4 members (excludes halogenated alkanes) is 57. The molecule has 0 aromatic heterocycles. The molecular formula is C89H167NO13. The zero-order chi connectivity index (χ0) is 74.4. The van der Waals surface area contributed by atoms with Crippen LogP contribution in [-0.2, 0) is 23.7 Å². The summed E-state index contributed by atoms with van der Waals surface area (Å²) in [6.07, 6.45) is 82.4. The van der Waals surface area contributed by atoms with Crippen LogP contribution in [0, 0.1) is 0 Å². The van der Waals surface area contributed by atoms with E-state index in [1.807, 2.05) is 6.08 Å². The first-order valence-electron chi connectivity index (χ1n) is 44.4. The number of nitrogens with one attached hydrogen (secondary N) is 1. The van der Waals surface area contributed by atoms with Gasteiger partial charge in [-0.15, -0.1) is 0 Å². The molecule has 0 bridgehead atoms. The Bertz CT molecular complexity index is 1920. The molecule has 2 heterocycles. The zero-order valence-corrected chi connectivity index (χ0v) is 66.8. The molecule has 2 aliphatic heterocycles. The number of rotatable bonds is 76. The standard InChI is InChI=1S/C89H167NO13/c1-3-5-7-9-11-13-15-17-19-21-23-25-27-29-31-33-35-37-38-39-40-41-43-45-47-49-51-53-55-57-59-61-63-65-67-69-71-73-81(94)90-77(76-100-88-86(99)84(97)87(80(75-92)102-88)103-89-85(98)83(96)82(95)79(74-91)101-89)78(93)72-70-68-66-64-62-60-58-56-54-52-50-48-46-44-42-36-34-32-30-28-26-24-22-20-18-16-14-12-10-8-6-4-2/h21,23,54,56,62,64,70,72,77-80,82-89,91-93,95-99H,3-20,22,24-53,55,57-61,63,65-69,71,73-76H2,1-2H3,(H,90,94)/b23-21-,56-54+,64-62+,72-70+. The monoisotopic (exact) mass is 1460 g/mol. The minimum atomic E-state index is -1.79. The number of hydrogen-bond donors (Lipinski definition) is 9. The molecule has 606 valence electrons. The van der Waals surface area contributed by atoms with E-state index in [0.29, 0.717) is 12.8 Å². The molecular weight excluding hydrogens is 1290 g/mol. The van der Waals surface area contributed by atoms with Crippen LogP contribution in [0.2, 0.25) is 0 Å². The van der Waals surface area contributed by atoms with Crippen LogP contribution in [-0.4, -0.2) is 140 Å². The first kappa shape index (κ1) is 97.0. The fourth-order valence-electron chi connectivity index (χ4n) is 14.7. The van der Waals surface area contributed by atoms with Crippen LogP contribution in [0.3, 0.4) is 0 Å². The third kappa shape index (κ3) is 55.1. The van der Waals surface area contributed by atoms with Crippen LogP contribution in [0.1, 0.15) is 418 Å². The van der Waals surface area contributed by atoms with Crippen LogP contribution in [0.25, 0.3) is 0 Å². The number of aliphatic hydroxyl groups excluding tert-OH is 8. The summed E-state index contributed by atoms with van der Waals surface area (Å²) in [7, 11) is 0. The molecule has 1 amide bonds. The predicted octanol–water partition coefficient (Wildman–Crippen LogP) is 21.3. The molecule has 2 aliphatic rings. The second kappa shape index (κ2) is 72.8. The SMILES string of the molecule is CCCCCCCCCC/C=C\CCCCCCCCCCCCCCCCCCCCCCCCCCCC(=O)NC(COC1OC(CO)C(OC2OC(CO)C(O)C(O)C2O)C(O)C1O)C(O)/C=C/CC/C=C/CC/C=C/CCCCCCCCCCCCCCCCCCCCCCCC. The van der Waals surface area contributed by atoms with Gasteiger partial charge >= 0.3 is 0 Å². The third-order valence-corrected chi connectivity index (χ3v) is 21.7. The lowest BCUT2D eigenvalue weighted by Gasteiger charge is -2.46. The first-order valence-corrected chi connectivity index (χ1v) is 44.4. The van der Waals surface area contributed by atoms with Gasteiger partial charge in [-0.1, -0.05) is 390 Å². The normalized spacial score (nSPS) is 21.7. The van der Waals surface area contributed by atoms with Gasteiger partial charge in [-0.3, -0.25) is 4.79 Å². The van der Waals surface area contributed by atoms with Crippen LogP contribution in [0.4, 0.5) is 0 Å². The van der Waals surface area contributed by atoms with Crippen molar-refractivity contribution in [2.24, 2.45) is 0 Å². The lowest BCUT2D eigenvalue weighted by atomic mass is 9.97. The van der Waals surface area contributed by atoms with Gasteiger partial charge in [-0.05, 0) is 70.6 Å². The number of allylic oxidation sites excluding steroid dienone is 7. The second-order valence-electron chi connectivity index (χ2n) is 31.4. The number of carbonyl (C=O) groups excluding carboxylic acids is 1. The second-order valence-corrected chi connectivity index (χ2v) is 31.4. The minimum Gasteiger partial charge on any atom is -0.394 e. The minimum absolute atomic E-state index is 0.245. The number of carbonyl (C=O) groups is 1. The summed E-state index contributed by atoms with van der Waals surface area (Å²) < 4.78 is 22.9. The largest absolute Gasteiger partial charge is 0.394 e. The zero-order valence-electron chi connectivity index (χ0n) is 66.8. The molecule has 9 N–H and O–H groups in total. The van der Waals surface area contributed by atoms with Gasteiger partial charge in [0.05, 0.1) is 32.0 Å². The molecule has 12 atom stereocenters.